The Bertz CT molecular complexity index is 201. The minimum absolute atomic E-state index is 0.366. The molecule has 2 aliphatic rings. The van der Waals surface area contributed by atoms with Crippen LogP contribution >= 0.6 is 0 Å². The molecule has 2 rings (SSSR count). The highest BCUT2D eigenvalue weighted by atomic mass is 16.2. The molecule has 3 heteroatoms. The number of hydrogen-bond donors (Lipinski definition) is 1. The molecule has 1 aliphatic carbocycles. The lowest BCUT2D eigenvalue weighted by atomic mass is 9.84. The minimum atomic E-state index is 0.366. The van der Waals surface area contributed by atoms with Gasteiger partial charge < -0.3 is 10.2 Å². The maximum atomic E-state index is 11.8. The number of carbonyl (C=O) groups is 1. The summed E-state index contributed by atoms with van der Waals surface area (Å²) >= 11 is 0. The van der Waals surface area contributed by atoms with Crippen molar-refractivity contribution in [2.75, 3.05) is 19.6 Å². The Kier molecular flexibility index (Phi) is 2.54. The number of hydrogen-bond acceptors (Lipinski definition) is 2. The Morgan fingerprint density at radius 2 is 2.23 bits per heavy atom. The van der Waals surface area contributed by atoms with Gasteiger partial charge in [-0.2, -0.15) is 0 Å². The number of nitrogens with one attached hydrogen (secondary N) is 1. The van der Waals surface area contributed by atoms with Gasteiger partial charge in [-0.3, -0.25) is 4.79 Å². The first-order chi connectivity index (χ1) is 6.27. The molecular formula is C10H18N2O. The summed E-state index contributed by atoms with van der Waals surface area (Å²) in [6, 6.07) is 0.470. The lowest BCUT2D eigenvalue weighted by molar-refractivity contribution is -0.139. The van der Waals surface area contributed by atoms with Crippen LogP contribution < -0.4 is 5.32 Å². The van der Waals surface area contributed by atoms with Gasteiger partial charge in [-0.25, -0.2) is 0 Å². The molecule has 1 unspecified atom stereocenters. The van der Waals surface area contributed by atoms with Crippen molar-refractivity contribution in [3.05, 3.63) is 0 Å². The molecule has 2 fully saturated rings. The van der Waals surface area contributed by atoms with Crippen LogP contribution in [-0.2, 0) is 4.79 Å². The fraction of sp³-hybridized carbons (Fsp3) is 0.900. The largest absolute Gasteiger partial charge is 0.340 e. The lowest BCUT2D eigenvalue weighted by Gasteiger charge is -2.36. The predicted octanol–water partition coefficient (Wildman–Crippen LogP) is 0.607. The highest BCUT2D eigenvalue weighted by Crippen LogP contribution is 2.28. The monoisotopic (exact) mass is 182 g/mol. The van der Waals surface area contributed by atoms with Crippen molar-refractivity contribution in [1.82, 2.24) is 10.2 Å². The summed E-state index contributed by atoms with van der Waals surface area (Å²) in [5.41, 5.74) is 0. The van der Waals surface area contributed by atoms with E-state index in [1.54, 1.807) is 0 Å². The van der Waals surface area contributed by atoms with E-state index in [1.165, 1.54) is 6.42 Å². The van der Waals surface area contributed by atoms with E-state index in [9.17, 15) is 4.79 Å². The van der Waals surface area contributed by atoms with Crippen molar-refractivity contribution < 1.29 is 4.79 Å². The molecule has 0 aromatic carbocycles. The first kappa shape index (κ1) is 9.00. The Morgan fingerprint density at radius 3 is 2.77 bits per heavy atom. The van der Waals surface area contributed by atoms with Crippen molar-refractivity contribution in [3.63, 3.8) is 0 Å². The van der Waals surface area contributed by atoms with E-state index < -0.39 is 0 Å². The summed E-state index contributed by atoms with van der Waals surface area (Å²) in [6.45, 7) is 4.90. The second-order valence-electron chi connectivity index (χ2n) is 4.27. The second-order valence-corrected chi connectivity index (χ2v) is 4.27. The summed E-state index contributed by atoms with van der Waals surface area (Å²) in [6.07, 6.45) is 3.49. The number of amides is 1. The van der Waals surface area contributed by atoms with Gasteiger partial charge in [-0.05, 0) is 19.8 Å². The van der Waals surface area contributed by atoms with Gasteiger partial charge in [-0.15, -0.1) is 0 Å². The van der Waals surface area contributed by atoms with Crippen LogP contribution in [0.4, 0.5) is 0 Å². The molecule has 1 aliphatic heterocycles. The Balaban J connectivity index is 1.87. The Morgan fingerprint density at radius 1 is 1.46 bits per heavy atom. The second kappa shape index (κ2) is 3.66. The van der Waals surface area contributed by atoms with Gasteiger partial charge in [0.2, 0.25) is 5.91 Å². The Labute approximate surface area is 79.5 Å². The lowest BCUT2D eigenvalue weighted by Crippen LogP contribution is -2.53. The molecule has 0 spiro atoms. The fourth-order valence-corrected chi connectivity index (χ4v) is 2.05. The number of piperazine rings is 1. The van der Waals surface area contributed by atoms with Crippen LogP contribution in [0.1, 0.15) is 26.2 Å². The van der Waals surface area contributed by atoms with Gasteiger partial charge >= 0.3 is 0 Å². The zero-order chi connectivity index (χ0) is 9.26. The maximum Gasteiger partial charge on any atom is 0.225 e. The van der Waals surface area contributed by atoms with Crippen LogP contribution in [0.3, 0.4) is 0 Å². The first-order valence-electron chi connectivity index (χ1n) is 5.29. The third kappa shape index (κ3) is 1.85. The van der Waals surface area contributed by atoms with Gasteiger partial charge in [0.1, 0.15) is 0 Å². The average molecular weight is 182 g/mol. The summed E-state index contributed by atoms with van der Waals surface area (Å²) < 4.78 is 0. The van der Waals surface area contributed by atoms with Crippen LogP contribution in [0, 0.1) is 5.92 Å². The van der Waals surface area contributed by atoms with E-state index in [2.05, 4.69) is 12.2 Å². The topological polar surface area (TPSA) is 32.3 Å². The van der Waals surface area contributed by atoms with Crippen LogP contribution in [0.2, 0.25) is 0 Å². The minimum Gasteiger partial charge on any atom is -0.340 e. The normalized spacial score (nSPS) is 29.9. The molecule has 1 N–H and O–H groups in total. The van der Waals surface area contributed by atoms with Crippen LogP contribution in [-0.4, -0.2) is 36.5 Å². The SMILES string of the molecule is CC1CN(C(=O)C2CCC2)CCN1. The number of rotatable bonds is 1. The summed E-state index contributed by atoms with van der Waals surface area (Å²) in [4.78, 5) is 13.9. The third-order valence-electron chi connectivity index (χ3n) is 3.13. The van der Waals surface area contributed by atoms with E-state index in [1.807, 2.05) is 4.90 Å². The molecule has 1 amide bonds. The van der Waals surface area contributed by atoms with Crippen molar-refractivity contribution in [1.29, 1.82) is 0 Å². The quantitative estimate of drug-likeness (QED) is 0.644. The summed E-state index contributed by atoms with van der Waals surface area (Å²) in [7, 11) is 0. The predicted molar refractivity (Wildman–Crippen MR) is 51.4 cm³/mol. The van der Waals surface area contributed by atoms with Gasteiger partial charge in [-0.1, -0.05) is 6.42 Å². The van der Waals surface area contributed by atoms with Gasteiger partial charge in [0.25, 0.3) is 0 Å². The standard InChI is InChI=1S/C10H18N2O/c1-8-7-12(6-5-11-8)10(13)9-3-2-4-9/h8-9,11H,2-7H2,1H3. The average Bonchev–Trinajstić information content (AvgIpc) is 2.01. The smallest absolute Gasteiger partial charge is 0.225 e. The van der Waals surface area contributed by atoms with Crippen molar-refractivity contribution >= 4 is 5.91 Å². The molecule has 1 heterocycles. The van der Waals surface area contributed by atoms with Crippen molar-refractivity contribution in [2.24, 2.45) is 5.92 Å². The highest BCUT2D eigenvalue weighted by Gasteiger charge is 2.30. The molecule has 1 saturated heterocycles. The first-order valence-corrected chi connectivity index (χ1v) is 5.29. The zero-order valence-electron chi connectivity index (χ0n) is 8.25. The molecule has 3 nitrogen and oxygen atoms in total. The van der Waals surface area contributed by atoms with Crippen LogP contribution in [0.15, 0.2) is 0 Å². The third-order valence-corrected chi connectivity index (χ3v) is 3.13. The van der Waals surface area contributed by atoms with E-state index in [0.29, 0.717) is 17.9 Å². The molecule has 0 aromatic heterocycles. The molecule has 74 valence electrons. The zero-order valence-corrected chi connectivity index (χ0v) is 8.25. The summed E-state index contributed by atoms with van der Waals surface area (Å²) in [5.74, 6) is 0.768. The van der Waals surface area contributed by atoms with E-state index in [-0.39, 0.29) is 0 Å². The Hall–Kier alpha value is -0.570. The molecule has 1 saturated carbocycles. The van der Waals surface area contributed by atoms with Crippen LogP contribution in [0.25, 0.3) is 0 Å². The fourth-order valence-electron chi connectivity index (χ4n) is 2.05. The molecule has 0 bridgehead atoms. The van der Waals surface area contributed by atoms with Gasteiger partial charge in [0.15, 0.2) is 0 Å². The molecule has 0 aromatic rings. The van der Waals surface area contributed by atoms with E-state index in [0.717, 1.165) is 32.5 Å². The number of nitrogens with zero attached hydrogens (tertiary/aromatic N) is 1. The van der Waals surface area contributed by atoms with Crippen LogP contribution in [0.5, 0.6) is 0 Å². The van der Waals surface area contributed by atoms with Gasteiger partial charge in [0.05, 0.1) is 0 Å². The van der Waals surface area contributed by atoms with E-state index >= 15 is 0 Å². The van der Waals surface area contributed by atoms with E-state index in [4.69, 9.17) is 0 Å². The molecule has 0 radical (unpaired) electrons. The molecule has 1 atom stereocenters. The summed E-state index contributed by atoms with van der Waals surface area (Å²) in [5, 5.41) is 3.35. The maximum absolute atomic E-state index is 11.8. The highest BCUT2D eigenvalue weighted by molar-refractivity contribution is 5.79. The van der Waals surface area contributed by atoms with Crippen molar-refractivity contribution in [3.8, 4) is 0 Å². The van der Waals surface area contributed by atoms with Gasteiger partial charge in [0, 0.05) is 31.6 Å². The molecular weight excluding hydrogens is 164 g/mol. The molecule has 13 heavy (non-hydrogen) atoms. The number of carbonyl (C=O) groups excluding carboxylic acids is 1. The van der Waals surface area contributed by atoms with Crippen molar-refractivity contribution in [2.45, 2.75) is 32.2 Å².